The van der Waals surface area contributed by atoms with Crippen molar-refractivity contribution in [3.8, 4) is 44.5 Å². The molecule has 0 aromatic carbocycles. The van der Waals surface area contributed by atoms with E-state index in [-0.39, 0.29) is 94.4 Å². The topological polar surface area (TPSA) is 154 Å². The number of fused-ring (bicyclic) bond motifs is 8. The number of aliphatic hydroxyl groups excluding tert-OH is 4. The number of nitrogens with zero attached hydrogens (tertiary/aromatic N) is 6. The molecule has 2 aliphatic heterocycles. The summed E-state index contributed by atoms with van der Waals surface area (Å²) in [4.78, 5) is 19.1. The molecular weight excluding hydrogens is 1310 g/mol. The second-order valence-corrected chi connectivity index (χ2v) is 21.8. The maximum Gasteiger partial charge on any atom is 0.169 e. The third-order valence-electron chi connectivity index (χ3n) is 15.8. The van der Waals surface area contributed by atoms with Crippen LogP contribution < -0.4 is 86.2 Å². The fourth-order valence-electron chi connectivity index (χ4n) is 11.3. The minimum absolute atomic E-state index is 0. The standard InChI is InChI=1S/C68H85N8O4.4BrH/c77-49-17-9-1-5-13-37-73-41-29-53(30-42-73)65-57-21-23-59(69-57)66(54-31-43-74(44-32-54)38-14-6-2-10-18-50-78)61-25-27-63(71-61)68(56-35-47-76(48-36-56)40-16-8-4-12-20-52-80)64-28-26-62(72-64)67(60-24-22-58(65)70-60)55-33-45-75(46-34-55)39-15-7-3-11-19-51-79;;;;/h21-36,41-48,77-80H,1-20,37-40,49-52H2,(H,69,70,71,72);4*1H/q+3;;;;/p-3. The van der Waals surface area contributed by atoms with Crippen molar-refractivity contribution in [2.75, 3.05) is 26.4 Å². The minimum atomic E-state index is 0. The van der Waals surface area contributed by atoms with Crippen LogP contribution >= 0.6 is 0 Å². The molecule has 0 atom stereocenters. The largest absolute Gasteiger partial charge is 1.00 e. The second kappa shape index (κ2) is 37.5. The number of nitrogens with one attached hydrogen (secondary N) is 2. The average Bonchev–Trinajstić information content (AvgIpc) is 4.55. The number of halogens is 4. The zero-order valence-electron chi connectivity index (χ0n) is 48.6. The lowest BCUT2D eigenvalue weighted by molar-refractivity contribution is -0.697. The van der Waals surface area contributed by atoms with E-state index >= 15 is 0 Å². The molecule has 84 heavy (non-hydrogen) atoms. The van der Waals surface area contributed by atoms with Crippen molar-refractivity contribution >= 4 is 46.4 Å². The van der Waals surface area contributed by atoms with Crippen LogP contribution in [0.3, 0.4) is 0 Å². The number of unbranched alkanes of at least 4 members (excludes halogenated alkanes) is 16. The van der Waals surface area contributed by atoms with Crippen LogP contribution in [0.1, 0.15) is 151 Å². The number of aromatic amines is 2. The van der Waals surface area contributed by atoms with Crippen LogP contribution in [0.4, 0.5) is 0 Å². The van der Waals surface area contributed by atoms with E-state index in [4.69, 9.17) is 9.97 Å². The SMILES string of the molecule is OCCCCCCC[n+]1ccc(-c2c3nc(c(-c4cc[n+](CCCCCCCO)cc4)c4ccc([nH]4)c(-c4cc[n+](CCCCCCCO)cc4)c4nc(c(-c5cc[n+](CCCCCCCO)cc5)c5ccc2[nH]5)C=C4)C=C3)cc1.[Br-].[Br-].[Br-].[Br-]. The maximum absolute atomic E-state index is 9.26. The molecule has 0 radical (unpaired) electrons. The molecule has 12 nitrogen and oxygen atoms in total. The van der Waals surface area contributed by atoms with Crippen LogP contribution in [0.15, 0.2) is 122 Å². The van der Waals surface area contributed by atoms with E-state index in [0.29, 0.717) is 0 Å². The van der Waals surface area contributed by atoms with Crippen LogP contribution in [0.2, 0.25) is 0 Å². The smallest absolute Gasteiger partial charge is 0.169 e. The molecule has 2 aliphatic rings. The van der Waals surface area contributed by atoms with Crippen LogP contribution in [0.5, 0.6) is 0 Å². The minimum Gasteiger partial charge on any atom is -1.00 e. The van der Waals surface area contributed by atoms with E-state index in [1.54, 1.807) is 0 Å². The Morgan fingerprint density at radius 1 is 0.262 bits per heavy atom. The Hall–Kier alpha value is -5.04. The molecule has 0 saturated heterocycles. The van der Waals surface area contributed by atoms with Gasteiger partial charge in [-0.3, -0.25) is 0 Å². The van der Waals surface area contributed by atoms with Crippen molar-refractivity contribution in [2.24, 2.45) is 0 Å². The van der Waals surface area contributed by atoms with Crippen molar-refractivity contribution in [1.29, 1.82) is 0 Å². The van der Waals surface area contributed by atoms with Crippen LogP contribution in [-0.4, -0.2) is 66.8 Å². The Bertz CT molecular complexity index is 2870. The van der Waals surface area contributed by atoms with Gasteiger partial charge in [-0.15, -0.1) is 0 Å². The number of hydrogen-bond acceptors (Lipinski definition) is 6. The predicted molar refractivity (Wildman–Crippen MR) is 322 cm³/mol. The molecule has 9 rings (SSSR count). The maximum atomic E-state index is 9.26. The van der Waals surface area contributed by atoms with Crippen molar-refractivity contribution < 1.29 is 107 Å². The number of aryl methyl sites for hydroxylation is 4. The lowest BCUT2D eigenvalue weighted by atomic mass is 10.0. The Morgan fingerprint density at radius 2 is 0.452 bits per heavy atom. The monoisotopic (exact) mass is 1390 g/mol. The fraction of sp³-hybridized carbons (Fsp3) is 0.412. The van der Waals surface area contributed by atoms with Gasteiger partial charge in [0, 0.05) is 145 Å². The molecule has 0 unspecified atom stereocenters. The molecule has 0 saturated carbocycles. The van der Waals surface area contributed by atoms with Gasteiger partial charge in [0.15, 0.2) is 49.6 Å². The van der Waals surface area contributed by atoms with E-state index in [1.165, 1.54) is 0 Å². The molecule has 7 aromatic rings. The highest BCUT2D eigenvalue weighted by Crippen LogP contribution is 2.38. The van der Waals surface area contributed by atoms with Gasteiger partial charge in [0.05, 0.1) is 22.8 Å². The van der Waals surface area contributed by atoms with Crippen LogP contribution in [0.25, 0.3) is 90.9 Å². The first-order valence-corrected chi connectivity index (χ1v) is 30.1. The van der Waals surface area contributed by atoms with E-state index < -0.39 is 0 Å². The number of rotatable bonds is 32. The Balaban J connectivity index is 0.00000323. The highest BCUT2D eigenvalue weighted by molar-refractivity contribution is 5.99. The normalized spacial score (nSPS) is 11.5. The van der Waals surface area contributed by atoms with Crippen molar-refractivity contribution in [1.82, 2.24) is 19.9 Å². The van der Waals surface area contributed by atoms with Gasteiger partial charge in [0.25, 0.3) is 0 Å². The van der Waals surface area contributed by atoms with E-state index in [9.17, 15) is 20.4 Å². The van der Waals surface area contributed by atoms with Crippen LogP contribution in [-0.2, 0) is 26.2 Å². The van der Waals surface area contributed by atoms with Gasteiger partial charge in [-0.25, -0.2) is 28.2 Å². The van der Waals surface area contributed by atoms with Crippen molar-refractivity contribution in [3.63, 3.8) is 0 Å². The zero-order chi connectivity index (χ0) is 55.1. The van der Waals surface area contributed by atoms with Crippen LogP contribution in [0, 0.1) is 0 Å². The average molecular weight is 1400 g/mol. The highest BCUT2D eigenvalue weighted by Gasteiger charge is 2.21. The third-order valence-corrected chi connectivity index (χ3v) is 15.8. The van der Waals surface area contributed by atoms with Crippen molar-refractivity contribution in [3.05, 3.63) is 145 Å². The summed E-state index contributed by atoms with van der Waals surface area (Å²) in [6, 6.07) is 26.6. The number of aromatic nitrogens is 8. The first-order valence-electron chi connectivity index (χ1n) is 30.1. The summed E-state index contributed by atoms with van der Waals surface area (Å²) in [5.74, 6) is 0. The third kappa shape index (κ3) is 19.5. The molecule has 0 spiro atoms. The number of hydrogen-bond donors (Lipinski definition) is 6. The summed E-state index contributed by atoms with van der Waals surface area (Å²) in [5.41, 5.74) is 15.7. The number of aliphatic hydroxyl groups is 4. The molecule has 16 heteroatoms. The Labute approximate surface area is 539 Å². The molecule has 450 valence electrons. The number of pyridine rings is 4. The summed E-state index contributed by atoms with van der Waals surface area (Å²) in [5, 5.41) is 37.0. The predicted octanol–water partition coefficient (Wildman–Crippen LogP) is 0.261. The molecule has 0 amide bonds. The molecule has 9 heterocycles. The van der Waals surface area contributed by atoms with Gasteiger partial charge in [-0.1, -0.05) is 51.4 Å². The highest BCUT2D eigenvalue weighted by atomic mass is 79.9. The van der Waals surface area contributed by atoms with Gasteiger partial charge in [0.2, 0.25) is 0 Å². The van der Waals surface area contributed by atoms with Gasteiger partial charge >= 0.3 is 0 Å². The van der Waals surface area contributed by atoms with Gasteiger partial charge in [-0.2, -0.15) is 0 Å². The number of H-pyrrole nitrogens is 2. The Kier molecular flexibility index (Phi) is 31.1. The van der Waals surface area contributed by atoms with E-state index in [1.807, 2.05) is 0 Å². The van der Waals surface area contributed by atoms with E-state index in [0.717, 1.165) is 244 Å². The molecule has 7 aromatic heterocycles. The quantitative estimate of drug-likeness (QED) is 0.0263. The zero-order valence-corrected chi connectivity index (χ0v) is 55.0. The summed E-state index contributed by atoms with van der Waals surface area (Å²) < 4.78 is 9.09. The molecule has 6 N–H and O–H groups in total. The van der Waals surface area contributed by atoms with Crippen molar-refractivity contribution in [2.45, 2.75) is 155 Å². The molecule has 8 bridgehead atoms. The first-order chi connectivity index (χ1) is 39.5. The van der Waals surface area contributed by atoms with Gasteiger partial charge in [-0.05, 0) is 122 Å². The summed E-state index contributed by atoms with van der Waals surface area (Å²) in [7, 11) is 0. The molecule has 0 aliphatic carbocycles. The Morgan fingerprint density at radius 3 is 0.655 bits per heavy atom. The fourth-order valence-corrected chi connectivity index (χ4v) is 11.3. The lowest BCUT2D eigenvalue weighted by Gasteiger charge is -2.07. The summed E-state index contributed by atoms with van der Waals surface area (Å²) in [6.07, 6.45) is 47.4. The first kappa shape index (κ1) is 69.7. The summed E-state index contributed by atoms with van der Waals surface area (Å²) in [6.45, 7) is 4.79. The van der Waals surface area contributed by atoms with E-state index in [2.05, 4.69) is 175 Å². The van der Waals surface area contributed by atoms with Gasteiger partial charge in [0.1, 0.15) is 26.2 Å². The van der Waals surface area contributed by atoms with Gasteiger partial charge < -0.3 is 98.3 Å². The summed E-state index contributed by atoms with van der Waals surface area (Å²) >= 11 is 0. The second-order valence-electron chi connectivity index (χ2n) is 21.8. The molecular formula is C68H86Br4N8O4. The molecule has 0 fully saturated rings. The lowest BCUT2D eigenvalue weighted by Crippen LogP contribution is -3.00.